The number of rotatable bonds is 2. The Morgan fingerprint density at radius 2 is 1.82 bits per heavy atom. The molecule has 0 aromatic heterocycles. The summed E-state index contributed by atoms with van der Waals surface area (Å²) in [6, 6.07) is 8.54. The van der Waals surface area contributed by atoms with Gasteiger partial charge in [-0.3, -0.25) is 14.8 Å². The van der Waals surface area contributed by atoms with Crippen molar-refractivity contribution in [2.24, 2.45) is 11.6 Å². The number of nitrogens with one attached hydrogen (secondary N) is 2. The summed E-state index contributed by atoms with van der Waals surface area (Å²) in [4.78, 5) is 12.2. The maximum Gasteiger partial charge on any atom is 0.377 e. The highest BCUT2D eigenvalue weighted by atomic mass is 32.2. The predicted molar refractivity (Wildman–Crippen MR) is 83.7 cm³/mol. The second kappa shape index (κ2) is 8.66. The molecule has 0 bridgehead atoms. The number of hydrogen-bond donors (Lipinski definition) is 5. The number of hydrogen-bond acceptors (Lipinski definition) is 7. The zero-order chi connectivity index (χ0) is 16.6. The molecule has 0 saturated carbocycles. The fraction of sp³-hybridized carbons (Fsp3) is 0.417. The van der Waals surface area contributed by atoms with Crippen LogP contribution in [-0.4, -0.2) is 44.4 Å². The van der Waals surface area contributed by atoms with Crippen molar-refractivity contribution in [3.8, 4) is 0 Å². The Balaban J connectivity index is 0.000000261. The van der Waals surface area contributed by atoms with E-state index < -0.39 is 15.4 Å². The summed E-state index contributed by atoms with van der Waals surface area (Å²) in [5.74, 6) is 4.32. The number of carbonyl (C=O) groups excluding carboxylic acids is 1. The standard InChI is InChI=1S/C11H17N3.CH4N2O4S/c12-9-10-1-3-11(4-2-10)14-7-5-13-6-8-14;2-3-1(4)8(5,6)7/h1-4,13H,5-9,12H2;2H2,(H,3,4)(H,5,6,7). The summed E-state index contributed by atoms with van der Waals surface area (Å²) in [5, 5.41) is 1.73. The molecule has 0 radical (unpaired) electrons. The fourth-order valence-electron chi connectivity index (χ4n) is 1.84. The van der Waals surface area contributed by atoms with Gasteiger partial charge in [0.25, 0.3) is 0 Å². The molecule has 22 heavy (non-hydrogen) atoms. The van der Waals surface area contributed by atoms with E-state index in [0.29, 0.717) is 6.54 Å². The first-order valence-corrected chi connectivity index (χ1v) is 8.05. The molecule has 7 N–H and O–H groups in total. The Kier molecular flexibility index (Phi) is 7.21. The molecule has 1 saturated heterocycles. The van der Waals surface area contributed by atoms with E-state index in [4.69, 9.17) is 10.3 Å². The first-order chi connectivity index (χ1) is 10.4. The number of nitrogens with two attached hydrogens (primary N) is 2. The molecule has 0 atom stereocenters. The van der Waals surface area contributed by atoms with Gasteiger partial charge in [-0.05, 0) is 17.7 Å². The van der Waals surface area contributed by atoms with Crippen LogP contribution >= 0.6 is 0 Å². The van der Waals surface area contributed by atoms with E-state index >= 15 is 0 Å². The van der Waals surface area contributed by atoms with Gasteiger partial charge in [0.1, 0.15) is 0 Å². The maximum atomic E-state index is 9.76. The highest BCUT2D eigenvalue weighted by Crippen LogP contribution is 2.15. The highest BCUT2D eigenvalue weighted by molar-refractivity contribution is 8.01. The minimum absolute atomic E-state index is 0.627. The van der Waals surface area contributed by atoms with Gasteiger partial charge < -0.3 is 16.0 Å². The van der Waals surface area contributed by atoms with Crippen LogP contribution in [0.4, 0.5) is 10.5 Å². The first kappa shape index (κ1) is 18.3. The fourth-order valence-corrected chi connectivity index (χ4v) is 1.99. The summed E-state index contributed by atoms with van der Waals surface area (Å²) in [6.45, 7) is 4.99. The summed E-state index contributed by atoms with van der Waals surface area (Å²) < 4.78 is 27.0. The predicted octanol–water partition coefficient (Wildman–Crippen LogP) is -0.988. The second-order valence-corrected chi connectivity index (χ2v) is 5.84. The van der Waals surface area contributed by atoms with E-state index in [1.54, 1.807) is 0 Å². The van der Waals surface area contributed by atoms with E-state index in [-0.39, 0.29) is 0 Å². The number of amides is 1. The largest absolute Gasteiger partial charge is 0.377 e. The van der Waals surface area contributed by atoms with Crippen molar-refractivity contribution < 1.29 is 17.8 Å². The molecule has 2 rings (SSSR count). The SMILES string of the molecule is NCc1ccc(N2CCNCC2)cc1.NNC(=O)S(=O)(=O)O. The topological polar surface area (TPSA) is 151 Å². The third-order valence-corrected chi connectivity index (χ3v) is 3.59. The molecule has 1 heterocycles. The molecule has 1 amide bonds. The van der Waals surface area contributed by atoms with E-state index in [0.717, 1.165) is 26.2 Å². The average Bonchev–Trinajstić information content (AvgIpc) is 2.54. The molecular formula is C12H21N5O4S. The zero-order valence-electron chi connectivity index (χ0n) is 12.0. The molecule has 1 aliphatic rings. The normalized spacial score (nSPS) is 14.8. The van der Waals surface area contributed by atoms with Gasteiger partial charge in [-0.25, -0.2) is 5.84 Å². The zero-order valence-corrected chi connectivity index (χ0v) is 12.8. The quantitative estimate of drug-likeness (QED) is 0.201. The Labute approximate surface area is 129 Å². The van der Waals surface area contributed by atoms with Crippen LogP contribution in [0, 0.1) is 0 Å². The van der Waals surface area contributed by atoms with Gasteiger partial charge in [-0.15, -0.1) is 0 Å². The van der Waals surface area contributed by atoms with Gasteiger partial charge in [0, 0.05) is 38.4 Å². The minimum atomic E-state index is -4.63. The summed E-state index contributed by atoms with van der Waals surface area (Å²) in [7, 11) is -4.63. The highest BCUT2D eigenvalue weighted by Gasteiger charge is 2.14. The summed E-state index contributed by atoms with van der Waals surface area (Å²) in [5.41, 5.74) is 9.29. The van der Waals surface area contributed by atoms with Crippen LogP contribution < -0.4 is 27.2 Å². The number of carbonyl (C=O) groups is 1. The van der Waals surface area contributed by atoms with Gasteiger partial charge in [0.15, 0.2) is 0 Å². The molecule has 9 nitrogen and oxygen atoms in total. The van der Waals surface area contributed by atoms with Crippen LogP contribution in [0.15, 0.2) is 24.3 Å². The average molecular weight is 331 g/mol. The van der Waals surface area contributed by atoms with Crippen molar-refractivity contribution in [1.82, 2.24) is 10.7 Å². The Bertz CT molecular complexity index is 570. The third-order valence-electron chi connectivity index (χ3n) is 3.01. The van der Waals surface area contributed by atoms with Crippen LogP contribution in [-0.2, 0) is 16.7 Å². The lowest BCUT2D eigenvalue weighted by molar-refractivity contribution is 0.256. The van der Waals surface area contributed by atoms with Crippen molar-refractivity contribution in [2.75, 3.05) is 31.1 Å². The number of anilines is 1. The molecule has 1 fully saturated rings. The molecular weight excluding hydrogens is 310 g/mol. The summed E-state index contributed by atoms with van der Waals surface area (Å²) in [6.07, 6.45) is 0. The first-order valence-electron chi connectivity index (χ1n) is 6.61. The van der Waals surface area contributed by atoms with Gasteiger partial charge in [-0.2, -0.15) is 8.42 Å². The maximum absolute atomic E-state index is 9.76. The molecule has 1 aromatic carbocycles. The van der Waals surface area contributed by atoms with Crippen molar-refractivity contribution >= 4 is 21.0 Å². The Morgan fingerprint density at radius 3 is 2.18 bits per heavy atom. The molecule has 124 valence electrons. The Hall–Kier alpha value is -1.72. The Morgan fingerprint density at radius 1 is 1.27 bits per heavy atom. The van der Waals surface area contributed by atoms with Crippen LogP contribution in [0.5, 0.6) is 0 Å². The number of benzene rings is 1. The van der Waals surface area contributed by atoms with E-state index in [2.05, 4.69) is 40.3 Å². The van der Waals surface area contributed by atoms with Gasteiger partial charge >= 0.3 is 15.4 Å². The third kappa shape index (κ3) is 5.95. The molecule has 1 aromatic rings. The van der Waals surface area contributed by atoms with Crippen LogP contribution in [0.2, 0.25) is 0 Å². The smallest absolute Gasteiger partial charge is 0.369 e. The molecule has 0 spiro atoms. The van der Waals surface area contributed by atoms with Crippen molar-refractivity contribution in [2.45, 2.75) is 6.54 Å². The van der Waals surface area contributed by atoms with Crippen LogP contribution in [0.25, 0.3) is 0 Å². The van der Waals surface area contributed by atoms with Crippen LogP contribution in [0.1, 0.15) is 5.56 Å². The second-order valence-electron chi connectivity index (χ2n) is 4.51. The van der Waals surface area contributed by atoms with E-state index in [1.807, 2.05) is 0 Å². The minimum Gasteiger partial charge on any atom is -0.369 e. The summed E-state index contributed by atoms with van der Waals surface area (Å²) >= 11 is 0. The monoisotopic (exact) mass is 331 g/mol. The van der Waals surface area contributed by atoms with Gasteiger partial charge in [-0.1, -0.05) is 12.1 Å². The van der Waals surface area contributed by atoms with E-state index in [1.165, 1.54) is 16.7 Å². The number of hydrazine groups is 1. The van der Waals surface area contributed by atoms with Gasteiger partial charge in [0.05, 0.1) is 0 Å². The van der Waals surface area contributed by atoms with Crippen molar-refractivity contribution in [1.29, 1.82) is 0 Å². The van der Waals surface area contributed by atoms with Crippen LogP contribution in [0.3, 0.4) is 0 Å². The molecule has 0 unspecified atom stereocenters. The lowest BCUT2D eigenvalue weighted by atomic mass is 10.2. The number of piperazine rings is 1. The van der Waals surface area contributed by atoms with E-state index in [9.17, 15) is 13.2 Å². The number of nitrogens with zero attached hydrogens (tertiary/aromatic N) is 1. The lowest BCUT2D eigenvalue weighted by Crippen LogP contribution is -2.43. The van der Waals surface area contributed by atoms with Crippen molar-refractivity contribution in [3.05, 3.63) is 29.8 Å². The molecule has 10 heteroatoms. The lowest BCUT2D eigenvalue weighted by Gasteiger charge is -2.29. The van der Waals surface area contributed by atoms with Gasteiger partial charge in [0.2, 0.25) is 0 Å². The van der Waals surface area contributed by atoms with Crippen molar-refractivity contribution in [3.63, 3.8) is 0 Å². The molecule has 1 aliphatic heterocycles. The molecule has 0 aliphatic carbocycles.